The van der Waals surface area contributed by atoms with Crippen LogP contribution in [0, 0.1) is 13.8 Å². The number of nitrogens with zero attached hydrogens (tertiary/aromatic N) is 2. The molecule has 166 valence electrons. The molecule has 2 aliphatic heterocycles. The van der Waals surface area contributed by atoms with Gasteiger partial charge in [0.1, 0.15) is 23.7 Å². The van der Waals surface area contributed by atoms with Gasteiger partial charge in [-0.05, 0) is 79.9 Å². The zero-order chi connectivity index (χ0) is 23.3. The van der Waals surface area contributed by atoms with Crippen molar-refractivity contribution in [2.24, 2.45) is 0 Å². The molecule has 33 heavy (non-hydrogen) atoms. The number of ether oxygens (including phenoxy) is 1. The molecule has 2 aromatic carbocycles. The van der Waals surface area contributed by atoms with E-state index in [0.29, 0.717) is 16.9 Å². The molecule has 0 bridgehead atoms. The number of rotatable bonds is 3. The number of aryl methyl sites for hydroxylation is 2. The van der Waals surface area contributed by atoms with Crippen molar-refractivity contribution in [3.63, 3.8) is 0 Å². The molecule has 6 heteroatoms. The van der Waals surface area contributed by atoms with E-state index in [1.165, 1.54) is 4.90 Å². The lowest BCUT2D eigenvalue weighted by atomic mass is 9.96. The molecule has 2 atom stereocenters. The zero-order valence-electron chi connectivity index (χ0n) is 18.7. The van der Waals surface area contributed by atoms with Gasteiger partial charge in [-0.2, -0.15) is 0 Å². The summed E-state index contributed by atoms with van der Waals surface area (Å²) in [6, 6.07) is 15.6. The maximum atomic E-state index is 13.3. The lowest BCUT2D eigenvalue weighted by Gasteiger charge is -2.25. The van der Waals surface area contributed by atoms with Gasteiger partial charge in [0.05, 0.1) is 11.3 Å². The third-order valence-electron chi connectivity index (χ3n) is 6.07. The van der Waals surface area contributed by atoms with Crippen molar-refractivity contribution >= 4 is 23.1 Å². The fourth-order valence-corrected chi connectivity index (χ4v) is 4.73. The molecule has 0 radical (unpaired) electrons. The first-order valence-electron chi connectivity index (χ1n) is 10.9. The highest BCUT2D eigenvalue weighted by Gasteiger charge is 2.47. The molecule has 5 rings (SSSR count). The van der Waals surface area contributed by atoms with Gasteiger partial charge in [-0.3, -0.25) is 19.5 Å². The molecule has 3 aromatic rings. The highest BCUT2D eigenvalue weighted by atomic mass is 16.5. The Kier molecular flexibility index (Phi) is 5.01. The van der Waals surface area contributed by atoms with Crippen LogP contribution < -0.4 is 9.64 Å². The van der Waals surface area contributed by atoms with E-state index in [1.807, 2.05) is 45.0 Å². The Morgan fingerprint density at radius 1 is 1.06 bits per heavy atom. The van der Waals surface area contributed by atoms with Crippen LogP contribution in [0.25, 0.3) is 5.76 Å². The first-order chi connectivity index (χ1) is 15.8. The molecule has 1 amide bonds. The first kappa shape index (κ1) is 20.9. The van der Waals surface area contributed by atoms with Gasteiger partial charge in [0.15, 0.2) is 0 Å². The summed E-state index contributed by atoms with van der Waals surface area (Å²) in [5, 5.41) is 11.3. The van der Waals surface area contributed by atoms with Gasteiger partial charge in [0.2, 0.25) is 0 Å². The molecular formula is C27H24N2O4. The van der Waals surface area contributed by atoms with Crippen LogP contribution in [0.1, 0.15) is 40.9 Å². The predicted octanol–water partition coefficient (Wildman–Crippen LogP) is 4.65. The summed E-state index contributed by atoms with van der Waals surface area (Å²) in [4.78, 5) is 32.4. The normalized spacial score (nSPS) is 21.2. The van der Waals surface area contributed by atoms with Gasteiger partial charge in [-0.1, -0.05) is 12.1 Å². The molecule has 1 N–H and O–H groups in total. The summed E-state index contributed by atoms with van der Waals surface area (Å²) in [6.45, 7) is 5.86. The number of carbonyl (C=O) groups is 2. The molecule has 3 heterocycles. The second-order valence-electron chi connectivity index (χ2n) is 8.72. The minimum absolute atomic E-state index is 0.0322. The highest BCUT2D eigenvalue weighted by Crippen LogP contribution is 2.42. The maximum Gasteiger partial charge on any atom is 0.300 e. The Balaban J connectivity index is 1.70. The van der Waals surface area contributed by atoms with Crippen LogP contribution in [0.2, 0.25) is 0 Å². The van der Waals surface area contributed by atoms with Crippen molar-refractivity contribution in [1.82, 2.24) is 4.98 Å². The van der Waals surface area contributed by atoms with Crippen molar-refractivity contribution in [3.05, 3.63) is 94.3 Å². The highest BCUT2D eigenvalue weighted by molar-refractivity contribution is 6.51. The third-order valence-corrected chi connectivity index (χ3v) is 6.07. The van der Waals surface area contributed by atoms with Crippen LogP contribution in [0.3, 0.4) is 0 Å². The van der Waals surface area contributed by atoms with Gasteiger partial charge in [0.25, 0.3) is 11.7 Å². The molecule has 1 fully saturated rings. The number of fused-ring (bicyclic) bond motifs is 1. The van der Waals surface area contributed by atoms with Crippen LogP contribution in [0.4, 0.5) is 5.69 Å². The Morgan fingerprint density at radius 3 is 2.52 bits per heavy atom. The van der Waals surface area contributed by atoms with Crippen LogP contribution >= 0.6 is 0 Å². The molecule has 1 saturated heterocycles. The van der Waals surface area contributed by atoms with E-state index in [4.69, 9.17) is 4.74 Å². The zero-order valence-corrected chi connectivity index (χ0v) is 18.7. The molecule has 2 aliphatic rings. The van der Waals surface area contributed by atoms with Crippen molar-refractivity contribution in [2.45, 2.75) is 39.3 Å². The third kappa shape index (κ3) is 3.57. The fraction of sp³-hybridized carbons (Fsp3) is 0.222. The van der Waals surface area contributed by atoms with E-state index in [2.05, 4.69) is 4.98 Å². The molecular weight excluding hydrogens is 416 g/mol. The summed E-state index contributed by atoms with van der Waals surface area (Å²) in [5.74, 6) is -0.850. The fourth-order valence-electron chi connectivity index (χ4n) is 4.73. The van der Waals surface area contributed by atoms with Gasteiger partial charge in [-0.25, -0.2) is 0 Å². The SMILES string of the molecule is Cc1cc(C)cc(N2C(=O)C(=O)/C(=C(\O)c3ccc4c(c3)CC(C)O4)C2c2ccccn2)c1. The molecule has 0 saturated carbocycles. The summed E-state index contributed by atoms with van der Waals surface area (Å²) in [7, 11) is 0. The van der Waals surface area contributed by atoms with E-state index in [0.717, 1.165) is 28.9 Å². The number of Topliss-reactive ketones (excluding diaryl/α,β-unsaturated/α-hetero) is 1. The van der Waals surface area contributed by atoms with Crippen molar-refractivity contribution in [1.29, 1.82) is 0 Å². The maximum absolute atomic E-state index is 13.3. The lowest BCUT2D eigenvalue weighted by Crippen LogP contribution is -2.30. The smallest absolute Gasteiger partial charge is 0.300 e. The van der Waals surface area contributed by atoms with E-state index >= 15 is 0 Å². The van der Waals surface area contributed by atoms with Crippen molar-refractivity contribution in [2.75, 3.05) is 4.90 Å². The summed E-state index contributed by atoms with van der Waals surface area (Å²) in [6.07, 6.45) is 2.39. The number of hydrogen-bond donors (Lipinski definition) is 1. The predicted molar refractivity (Wildman–Crippen MR) is 125 cm³/mol. The number of carbonyl (C=O) groups excluding carboxylic acids is 2. The summed E-state index contributed by atoms with van der Waals surface area (Å²) in [5.41, 5.74) is 4.52. The van der Waals surface area contributed by atoms with E-state index in [-0.39, 0.29) is 17.4 Å². The lowest BCUT2D eigenvalue weighted by molar-refractivity contribution is -0.132. The Hall–Kier alpha value is -3.93. The minimum Gasteiger partial charge on any atom is -0.507 e. The van der Waals surface area contributed by atoms with Gasteiger partial charge in [0, 0.05) is 23.9 Å². The van der Waals surface area contributed by atoms with Crippen molar-refractivity contribution in [3.8, 4) is 5.75 Å². The number of pyridine rings is 1. The van der Waals surface area contributed by atoms with E-state index < -0.39 is 17.7 Å². The number of aromatic nitrogens is 1. The molecule has 2 unspecified atom stereocenters. The first-order valence-corrected chi connectivity index (χ1v) is 10.9. The number of aliphatic hydroxyl groups is 1. The number of benzene rings is 2. The number of amides is 1. The average molecular weight is 440 g/mol. The average Bonchev–Trinajstić information content (AvgIpc) is 3.29. The number of aliphatic hydroxyl groups excluding tert-OH is 1. The van der Waals surface area contributed by atoms with Gasteiger partial charge < -0.3 is 9.84 Å². The molecule has 0 spiro atoms. The summed E-state index contributed by atoms with van der Waals surface area (Å²) < 4.78 is 5.76. The topological polar surface area (TPSA) is 79.7 Å². The van der Waals surface area contributed by atoms with Gasteiger partial charge >= 0.3 is 0 Å². The monoisotopic (exact) mass is 440 g/mol. The molecule has 0 aliphatic carbocycles. The molecule has 1 aromatic heterocycles. The van der Waals surface area contributed by atoms with Crippen LogP contribution in [-0.4, -0.2) is 27.9 Å². The Morgan fingerprint density at radius 2 is 1.82 bits per heavy atom. The Bertz CT molecular complexity index is 1290. The molecule has 6 nitrogen and oxygen atoms in total. The second kappa shape index (κ2) is 7.89. The Labute approximate surface area is 192 Å². The summed E-state index contributed by atoms with van der Waals surface area (Å²) >= 11 is 0. The standard InChI is InChI=1S/C27H24N2O4/c1-15-10-16(2)12-20(11-15)29-24(21-6-4-5-9-28-21)23(26(31)27(29)32)25(30)18-7-8-22-19(14-18)13-17(3)33-22/h4-12,14,17,24,30H,13H2,1-3H3/b25-23-. The number of anilines is 1. The second-order valence-corrected chi connectivity index (χ2v) is 8.72. The van der Waals surface area contributed by atoms with Crippen LogP contribution in [-0.2, 0) is 16.0 Å². The van der Waals surface area contributed by atoms with Gasteiger partial charge in [-0.15, -0.1) is 0 Å². The largest absolute Gasteiger partial charge is 0.507 e. The van der Waals surface area contributed by atoms with Crippen LogP contribution in [0.5, 0.6) is 5.75 Å². The number of hydrogen-bond acceptors (Lipinski definition) is 5. The van der Waals surface area contributed by atoms with Crippen LogP contribution in [0.15, 0.2) is 66.4 Å². The number of ketones is 1. The van der Waals surface area contributed by atoms with E-state index in [1.54, 1.807) is 36.5 Å². The minimum atomic E-state index is -0.837. The van der Waals surface area contributed by atoms with E-state index in [9.17, 15) is 14.7 Å². The quantitative estimate of drug-likeness (QED) is 0.364. The van der Waals surface area contributed by atoms with Crippen molar-refractivity contribution < 1.29 is 19.4 Å².